The lowest BCUT2D eigenvalue weighted by atomic mass is 9.99. The number of hydrogen-bond donors (Lipinski definition) is 3. The molecule has 0 spiro atoms. The van der Waals surface area contributed by atoms with Gasteiger partial charge in [0.25, 0.3) is 0 Å². The second-order valence-corrected chi connectivity index (χ2v) is 12.9. The number of fused-ring (bicyclic) bond motifs is 2. The molecule has 9 heteroatoms. The fourth-order valence-electron chi connectivity index (χ4n) is 5.63. The number of aryl methyl sites for hydroxylation is 1. The van der Waals surface area contributed by atoms with Crippen molar-refractivity contribution in [3.05, 3.63) is 48.0 Å². The minimum absolute atomic E-state index is 0.150. The molecule has 8 nitrogen and oxygen atoms in total. The van der Waals surface area contributed by atoms with Gasteiger partial charge in [-0.05, 0) is 68.2 Å². The highest BCUT2D eigenvalue weighted by Crippen LogP contribution is 2.46. The molecule has 2 aromatic carbocycles. The third-order valence-electron chi connectivity index (χ3n) is 7.92. The maximum Gasteiger partial charge on any atom is 0.335 e. The van der Waals surface area contributed by atoms with Crippen molar-refractivity contribution < 1.29 is 23.7 Å². The van der Waals surface area contributed by atoms with E-state index in [0.717, 1.165) is 48.2 Å². The number of hydrogen-bond acceptors (Lipinski definition) is 5. The number of carbonyl (C=O) groups is 1. The molecule has 6 rings (SSSR count). The largest absolute Gasteiger partial charge is 0.494 e. The van der Waals surface area contributed by atoms with E-state index in [0.29, 0.717) is 41.2 Å². The van der Waals surface area contributed by atoms with Crippen molar-refractivity contribution in [2.75, 3.05) is 18.6 Å². The van der Waals surface area contributed by atoms with Crippen LogP contribution in [-0.4, -0.2) is 52.9 Å². The summed E-state index contributed by atoms with van der Waals surface area (Å²) in [6, 6.07) is 13.8. The lowest BCUT2D eigenvalue weighted by Gasteiger charge is -2.39. The van der Waals surface area contributed by atoms with Crippen LogP contribution in [0.1, 0.15) is 42.5 Å². The van der Waals surface area contributed by atoms with Gasteiger partial charge in [0.2, 0.25) is 0 Å². The smallest absolute Gasteiger partial charge is 0.335 e. The number of rotatable bonds is 8. The Kier molecular flexibility index (Phi) is 6.17. The maximum atomic E-state index is 11.8. The molecular formula is C28H33N3O5S. The number of carboxylic acids is 1. The normalized spacial score (nSPS) is 18.9. The van der Waals surface area contributed by atoms with Crippen LogP contribution in [0.25, 0.3) is 33.5 Å². The summed E-state index contributed by atoms with van der Waals surface area (Å²) in [5, 5.41) is 10.8. The van der Waals surface area contributed by atoms with Gasteiger partial charge in [0.1, 0.15) is 11.3 Å². The Balaban J connectivity index is 1.48. The van der Waals surface area contributed by atoms with Gasteiger partial charge in [-0.25, -0.2) is 9.78 Å². The van der Waals surface area contributed by atoms with E-state index in [4.69, 9.17) is 9.72 Å². The summed E-state index contributed by atoms with van der Waals surface area (Å²) in [4.78, 5) is 16.9. The predicted octanol–water partition coefficient (Wildman–Crippen LogP) is 6.33. The summed E-state index contributed by atoms with van der Waals surface area (Å²) in [6.07, 6.45) is 4.94. The summed E-state index contributed by atoms with van der Waals surface area (Å²) in [5.74, 6) is 2.30. The summed E-state index contributed by atoms with van der Waals surface area (Å²) in [5.41, 5.74) is 3.76. The molecule has 0 atom stereocenters. The van der Waals surface area contributed by atoms with E-state index in [1.54, 1.807) is 19.2 Å². The highest BCUT2D eigenvalue weighted by atomic mass is 32.3. The first kappa shape index (κ1) is 24.3. The molecule has 0 radical (unpaired) electrons. The van der Waals surface area contributed by atoms with E-state index in [9.17, 15) is 19.0 Å². The van der Waals surface area contributed by atoms with Crippen LogP contribution in [0.5, 0.6) is 5.75 Å². The molecule has 196 valence electrons. The molecule has 37 heavy (non-hydrogen) atoms. The van der Waals surface area contributed by atoms with Gasteiger partial charge in [0, 0.05) is 35.5 Å². The van der Waals surface area contributed by atoms with Crippen molar-refractivity contribution in [2.24, 2.45) is 11.8 Å². The van der Waals surface area contributed by atoms with E-state index in [1.807, 2.05) is 6.07 Å². The number of benzene rings is 2. The van der Waals surface area contributed by atoms with Crippen molar-refractivity contribution in [1.82, 2.24) is 14.1 Å². The van der Waals surface area contributed by atoms with Gasteiger partial charge < -0.3 is 19.0 Å². The Morgan fingerprint density at radius 3 is 2.51 bits per heavy atom. The third kappa shape index (κ3) is 4.71. The second-order valence-electron chi connectivity index (χ2n) is 10.5. The predicted molar refractivity (Wildman–Crippen MR) is 147 cm³/mol. The zero-order chi connectivity index (χ0) is 25.7. The average molecular weight is 524 g/mol. The fraction of sp³-hybridized carbons (Fsp3) is 0.429. The first-order valence-electron chi connectivity index (χ1n) is 13.0. The van der Waals surface area contributed by atoms with Crippen LogP contribution in [0.2, 0.25) is 0 Å². The van der Waals surface area contributed by atoms with Gasteiger partial charge in [-0.3, -0.25) is 9.11 Å². The maximum absolute atomic E-state index is 11.8. The highest BCUT2D eigenvalue weighted by molar-refractivity contribution is 8.24. The van der Waals surface area contributed by atoms with Crippen LogP contribution in [0.4, 0.5) is 0 Å². The van der Waals surface area contributed by atoms with E-state index >= 15 is 0 Å². The molecule has 3 heterocycles. The van der Waals surface area contributed by atoms with Crippen molar-refractivity contribution in [3.63, 3.8) is 0 Å². The highest BCUT2D eigenvalue weighted by Gasteiger charge is 2.28. The molecule has 0 amide bonds. The third-order valence-corrected chi connectivity index (χ3v) is 9.70. The van der Waals surface area contributed by atoms with Crippen molar-refractivity contribution in [3.8, 4) is 17.3 Å². The summed E-state index contributed by atoms with van der Waals surface area (Å²) in [7, 11) is -0.858. The van der Waals surface area contributed by atoms with Crippen LogP contribution in [0.15, 0.2) is 42.5 Å². The first-order valence-corrected chi connectivity index (χ1v) is 14.9. The Labute approximate surface area is 217 Å². The molecule has 0 bridgehead atoms. The van der Waals surface area contributed by atoms with Gasteiger partial charge in [-0.2, -0.15) is 10.6 Å². The Morgan fingerprint density at radius 2 is 1.81 bits per heavy atom. The number of methoxy groups -OCH3 is 1. The Bertz CT molecular complexity index is 1480. The van der Waals surface area contributed by atoms with Crippen LogP contribution in [-0.2, 0) is 13.1 Å². The molecular weight excluding hydrogens is 490 g/mol. The molecule has 1 aliphatic carbocycles. The molecule has 2 aliphatic rings. The average Bonchev–Trinajstić information content (AvgIpc) is 3.53. The van der Waals surface area contributed by atoms with Gasteiger partial charge in [-0.1, -0.05) is 18.2 Å². The number of aromatic carboxylic acids is 1. The topological polar surface area (TPSA) is 110 Å². The van der Waals surface area contributed by atoms with E-state index in [1.165, 1.54) is 18.4 Å². The molecule has 3 N–H and O–H groups in total. The Hall–Kier alpha value is -3.01. The lowest BCUT2D eigenvalue weighted by molar-refractivity contribution is 0.0696. The number of nitrogens with zero attached hydrogens (tertiary/aromatic N) is 3. The SMILES string of the molecule is COc1cc(C(=O)O)cc2nc(-c3cc4ccccc4n3CC3CC3)n(CCC3CCS(O)(O)CC3)c12. The van der Waals surface area contributed by atoms with Crippen LogP contribution in [0.3, 0.4) is 0 Å². The minimum Gasteiger partial charge on any atom is -0.494 e. The van der Waals surface area contributed by atoms with E-state index in [-0.39, 0.29) is 5.56 Å². The number of carboxylic acid groups (broad SMARTS) is 1. The van der Waals surface area contributed by atoms with Crippen molar-refractivity contribution in [2.45, 2.75) is 45.2 Å². The fourth-order valence-corrected chi connectivity index (χ4v) is 7.26. The number of imidazole rings is 1. The van der Waals surface area contributed by atoms with Crippen molar-refractivity contribution in [1.29, 1.82) is 0 Å². The summed E-state index contributed by atoms with van der Waals surface area (Å²) < 4.78 is 30.3. The lowest BCUT2D eigenvalue weighted by Crippen LogP contribution is -2.21. The monoisotopic (exact) mass is 523 g/mol. The molecule has 2 fully saturated rings. The summed E-state index contributed by atoms with van der Waals surface area (Å²) >= 11 is 0. The molecule has 1 saturated heterocycles. The zero-order valence-electron chi connectivity index (χ0n) is 21.0. The van der Waals surface area contributed by atoms with Crippen LogP contribution < -0.4 is 4.74 Å². The minimum atomic E-state index is -2.42. The quantitative estimate of drug-likeness (QED) is 0.249. The number of para-hydroxylation sites is 1. The van der Waals surface area contributed by atoms with Crippen LogP contribution >= 0.6 is 10.6 Å². The summed E-state index contributed by atoms with van der Waals surface area (Å²) in [6.45, 7) is 1.62. The van der Waals surface area contributed by atoms with Crippen molar-refractivity contribution >= 4 is 38.5 Å². The molecule has 4 aromatic rings. The van der Waals surface area contributed by atoms with E-state index in [2.05, 4.69) is 33.4 Å². The molecule has 1 saturated carbocycles. The number of ether oxygens (including phenoxy) is 1. The molecule has 2 aromatic heterocycles. The number of aromatic nitrogens is 3. The van der Waals surface area contributed by atoms with E-state index < -0.39 is 16.6 Å². The second kappa shape index (κ2) is 9.38. The molecule has 0 unspecified atom stereocenters. The standard InChI is InChI=1S/C28H33N3O5S/c1-36-25-16-21(28(32)33)14-22-26(25)30(11-8-18-9-12-37(34,35)13-10-18)27(29-22)24-15-20-4-2-3-5-23(20)31(24)17-19-6-7-19/h2-5,14-16,18-19,34-35H,6-13,17H2,1H3,(H,32,33). The van der Waals surface area contributed by atoms with Gasteiger partial charge in [0.15, 0.2) is 5.82 Å². The van der Waals surface area contributed by atoms with Gasteiger partial charge >= 0.3 is 5.97 Å². The van der Waals surface area contributed by atoms with Gasteiger partial charge in [0.05, 0.1) is 23.9 Å². The zero-order valence-corrected chi connectivity index (χ0v) is 21.8. The Morgan fingerprint density at radius 1 is 1.05 bits per heavy atom. The molecule has 1 aliphatic heterocycles. The first-order chi connectivity index (χ1) is 17.8. The van der Waals surface area contributed by atoms with Crippen LogP contribution in [0, 0.1) is 11.8 Å². The van der Waals surface area contributed by atoms with Gasteiger partial charge in [-0.15, -0.1) is 0 Å².